The maximum Gasteiger partial charge on any atom is 0.143 e. The number of hydrogen-bond donors (Lipinski definition) is 3. The average molecular weight is 238 g/mol. The molecule has 3 N–H and O–H groups in total. The summed E-state index contributed by atoms with van der Waals surface area (Å²) >= 11 is 4.36. The van der Waals surface area contributed by atoms with Gasteiger partial charge in [0.25, 0.3) is 0 Å². The summed E-state index contributed by atoms with van der Waals surface area (Å²) in [6, 6.07) is 6.06. The van der Waals surface area contributed by atoms with Crippen LogP contribution in [0.5, 0.6) is 0 Å². The van der Waals surface area contributed by atoms with Gasteiger partial charge in [-0.05, 0) is 22.6 Å². The van der Waals surface area contributed by atoms with Crippen molar-refractivity contribution in [2.75, 3.05) is 0 Å². The van der Waals surface area contributed by atoms with Gasteiger partial charge < -0.3 is 10.9 Å². The van der Waals surface area contributed by atoms with Crippen molar-refractivity contribution in [1.82, 2.24) is 0 Å². The zero-order chi connectivity index (χ0) is 12.3. The lowest BCUT2D eigenvalue weighted by atomic mass is 9.86. The third-order valence-corrected chi connectivity index (χ3v) is 2.88. The van der Waals surface area contributed by atoms with E-state index in [4.69, 9.17) is 10.9 Å². The molecule has 0 atom stereocenters. The van der Waals surface area contributed by atoms with Crippen molar-refractivity contribution in [3.63, 3.8) is 0 Å². The van der Waals surface area contributed by atoms with Gasteiger partial charge in [-0.15, -0.1) is 12.6 Å². The topological polar surface area (TPSA) is 58.6 Å². The van der Waals surface area contributed by atoms with Gasteiger partial charge in [-0.3, -0.25) is 0 Å². The lowest BCUT2D eigenvalue weighted by Crippen LogP contribution is -2.16. The first-order chi connectivity index (χ1) is 7.34. The lowest BCUT2D eigenvalue weighted by Gasteiger charge is -2.20. The van der Waals surface area contributed by atoms with E-state index in [0.717, 1.165) is 10.5 Å². The monoisotopic (exact) mass is 238 g/mol. The zero-order valence-electron chi connectivity index (χ0n) is 9.86. The summed E-state index contributed by atoms with van der Waals surface area (Å²) in [4.78, 5) is 0.861. The van der Waals surface area contributed by atoms with E-state index in [-0.39, 0.29) is 11.3 Å². The average Bonchev–Trinajstić information content (AvgIpc) is 2.19. The van der Waals surface area contributed by atoms with Crippen LogP contribution < -0.4 is 5.73 Å². The molecular weight excluding hydrogens is 220 g/mol. The number of nitrogens with zero attached hydrogens (tertiary/aromatic N) is 1. The first-order valence-electron chi connectivity index (χ1n) is 5.13. The highest BCUT2D eigenvalue weighted by Gasteiger charge is 2.15. The van der Waals surface area contributed by atoms with E-state index in [1.54, 1.807) is 0 Å². The number of nitrogens with two attached hydrogens (primary N) is 1. The van der Waals surface area contributed by atoms with Crippen LogP contribution in [0.25, 0.3) is 0 Å². The standard InChI is InChI=1S/C12H18N2OS/c1-12(2,3)9-4-5-10(16)8(6-9)7-11(13)14-15/h4-6,15-16H,7H2,1-3H3,(H2,13,14). The van der Waals surface area contributed by atoms with Crippen LogP contribution in [-0.4, -0.2) is 11.0 Å². The largest absolute Gasteiger partial charge is 0.409 e. The third-order valence-electron chi connectivity index (χ3n) is 2.45. The number of benzene rings is 1. The number of rotatable bonds is 2. The Balaban J connectivity index is 3.09. The molecule has 1 aromatic carbocycles. The fourth-order valence-corrected chi connectivity index (χ4v) is 1.64. The second-order valence-electron chi connectivity index (χ2n) is 4.86. The van der Waals surface area contributed by atoms with E-state index in [0.29, 0.717) is 6.42 Å². The van der Waals surface area contributed by atoms with Gasteiger partial charge in [-0.1, -0.05) is 38.1 Å². The smallest absolute Gasteiger partial charge is 0.143 e. The Morgan fingerprint density at radius 3 is 2.56 bits per heavy atom. The summed E-state index contributed by atoms with van der Waals surface area (Å²) in [5.74, 6) is 0.196. The Hall–Kier alpha value is -1.16. The first kappa shape index (κ1) is 12.9. The van der Waals surface area contributed by atoms with Crippen LogP contribution in [0.15, 0.2) is 28.3 Å². The highest BCUT2D eigenvalue weighted by atomic mass is 32.1. The van der Waals surface area contributed by atoms with E-state index < -0.39 is 0 Å². The molecule has 88 valence electrons. The Labute approximate surface area is 102 Å². The van der Waals surface area contributed by atoms with Crippen molar-refractivity contribution in [2.45, 2.75) is 37.5 Å². The summed E-state index contributed by atoms with van der Waals surface area (Å²) in [5, 5.41) is 11.5. The minimum absolute atomic E-state index is 0.0847. The molecule has 0 aliphatic carbocycles. The normalized spacial score (nSPS) is 12.9. The molecule has 0 heterocycles. The molecular formula is C12H18N2OS. The Bertz CT molecular complexity index is 408. The second kappa shape index (κ2) is 4.78. The van der Waals surface area contributed by atoms with E-state index in [2.05, 4.69) is 50.7 Å². The van der Waals surface area contributed by atoms with E-state index in [9.17, 15) is 0 Å². The van der Waals surface area contributed by atoms with Crippen LogP contribution in [0.2, 0.25) is 0 Å². The van der Waals surface area contributed by atoms with Gasteiger partial charge in [0.05, 0.1) is 0 Å². The van der Waals surface area contributed by atoms with Gasteiger partial charge in [0.15, 0.2) is 0 Å². The molecule has 0 aliphatic heterocycles. The predicted molar refractivity (Wildman–Crippen MR) is 69.5 cm³/mol. The molecule has 0 radical (unpaired) electrons. The minimum atomic E-state index is 0.0847. The van der Waals surface area contributed by atoms with Crippen molar-refractivity contribution in [1.29, 1.82) is 0 Å². The molecule has 3 nitrogen and oxygen atoms in total. The Kier molecular flexibility index (Phi) is 3.86. The van der Waals surface area contributed by atoms with Gasteiger partial charge in [0.1, 0.15) is 5.84 Å². The molecule has 0 spiro atoms. The van der Waals surface area contributed by atoms with Crippen LogP contribution in [0.1, 0.15) is 31.9 Å². The van der Waals surface area contributed by atoms with Crippen LogP contribution in [0.4, 0.5) is 0 Å². The molecule has 0 unspecified atom stereocenters. The van der Waals surface area contributed by atoms with Crippen molar-refractivity contribution < 1.29 is 5.21 Å². The fraction of sp³-hybridized carbons (Fsp3) is 0.417. The number of amidine groups is 1. The quantitative estimate of drug-likeness (QED) is 0.244. The Morgan fingerprint density at radius 2 is 2.06 bits per heavy atom. The first-order valence-corrected chi connectivity index (χ1v) is 5.58. The van der Waals surface area contributed by atoms with Gasteiger partial charge >= 0.3 is 0 Å². The molecule has 0 amide bonds. The van der Waals surface area contributed by atoms with Crippen molar-refractivity contribution in [2.24, 2.45) is 10.9 Å². The highest BCUT2D eigenvalue weighted by Crippen LogP contribution is 2.26. The van der Waals surface area contributed by atoms with Gasteiger partial charge in [0.2, 0.25) is 0 Å². The molecule has 0 saturated heterocycles. The van der Waals surface area contributed by atoms with Crippen LogP contribution in [0.3, 0.4) is 0 Å². The van der Waals surface area contributed by atoms with Gasteiger partial charge in [0, 0.05) is 11.3 Å². The van der Waals surface area contributed by atoms with Crippen molar-refractivity contribution in [3.8, 4) is 0 Å². The van der Waals surface area contributed by atoms with Crippen molar-refractivity contribution in [3.05, 3.63) is 29.3 Å². The van der Waals surface area contributed by atoms with E-state index in [1.807, 2.05) is 6.07 Å². The molecule has 4 heteroatoms. The predicted octanol–water partition coefficient (Wildman–Crippen LogP) is 2.56. The van der Waals surface area contributed by atoms with Crippen LogP contribution >= 0.6 is 12.6 Å². The summed E-state index contributed by atoms with van der Waals surface area (Å²) in [5.41, 5.74) is 7.78. The van der Waals surface area contributed by atoms with Gasteiger partial charge in [-0.25, -0.2) is 0 Å². The van der Waals surface area contributed by atoms with Gasteiger partial charge in [-0.2, -0.15) is 0 Å². The molecule has 0 saturated carbocycles. The van der Waals surface area contributed by atoms with Crippen LogP contribution in [0, 0.1) is 0 Å². The summed E-state index contributed by atoms with van der Waals surface area (Å²) in [6.07, 6.45) is 0.416. The fourth-order valence-electron chi connectivity index (χ4n) is 1.42. The summed E-state index contributed by atoms with van der Waals surface area (Å²) < 4.78 is 0. The maximum atomic E-state index is 8.55. The SMILES string of the molecule is CC(C)(C)c1ccc(S)c(CC(N)=NO)c1. The lowest BCUT2D eigenvalue weighted by molar-refractivity contribution is 0.317. The van der Waals surface area contributed by atoms with E-state index in [1.165, 1.54) is 5.56 Å². The third kappa shape index (κ3) is 3.17. The summed E-state index contributed by atoms with van der Waals surface area (Å²) in [7, 11) is 0. The minimum Gasteiger partial charge on any atom is -0.409 e. The summed E-state index contributed by atoms with van der Waals surface area (Å²) in [6.45, 7) is 6.44. The number of thiol groups is 1. The van der Waals surface area contributed by atoms with E-state index >= 15 is 0 Å². The second-order valence-corrected chi connectivity index (χ2v) is 5.34. The molecule has 16 heavy (non-hydrogen) atoms. The zero-order valence-corrected chi connectivity index (χ0v) is 10.8. The number of hydrogen-bond acceptors (Lipinski definition) is 3. The van der Waals surface area contributed by atoms with Crippen LogP contribution in [-0.2, 0) is 11.8 Å². The molecule has 0 aromatic heterocycles. The molecule has 0 fully saturated rings. The Morgan fingerprint density at radius 1 is 1.44 bits per heavy atom. The molecule has 1 rings (SSSR count). The van der Waals surface area contributed by atoms with Crippen molar-refractivity contribution >= 4 is 18.5 Å². The molecule has 1 aromatic rings. The highest BCUT2D eigenvalue weighted by molar-refractivity contribution is 7.80. The maximum absolute atomic E-state index is 8.55. The number of oxime groups is 1. The molecule has 0 bridgehead atoms. The molecule has 0 aliphatic rings.